The number of anilines is 1. The zero-order chi connectivity index (χ0) is 13.4. The van der Waals surface area contributed by atoms with E-state index in [1.807, 2.05) is 41.8 Å². The van der Waals surface area contributed by atoms with Crippen molar-refractivity contribution in [1.29, 1.82) is 0 Å². The number of rotatable bonds is 2. The van der Waals surface area contributed by atoms with E-state index in [0.717, 1.165) is 28.3 Å². The summed E-state index contributed by atoms with van der Waals surface area (Å²) in [6.45, 7) is 2.02. The molecule has 96 valence electrons. The molecule has 0 bridgehead atoms. The van der Waals surface area contributed by atoms with Crippen LogP contribution in [0.25, 0.3) is 17.0 Å². The van der Waals surface area contributed by atoms with Crippen LogP contribution in [0.15, 0.2) is 36.5 Å². The Bertz CT molecular complexity index is 748. The average Bonchev–Trinajstić information content (AvgIpc) is 2.81. The molecule has 0 aliphatic rings. The van der Waals surface area contributed by atoms with Gasteiger partial charge in [-0.1, -0.05) is 0 Å². The third kappa shape index (κ3) is 1.89. The first-order chi connectivity index (χ1) is 9.19. The Morgan fingerprint density at radius 1 is 1.16 bits per heavy atom. The Hall–Kier alpha value is -2.56. The molecule has 5 heteroatoms. The first kappa shape index (κ1) is 11.5. The van der Waals surface area contributed by atoms with Gasteiger partial charge in [0.25, 0.3) is 0 Å². The van der Waals surface area contributed by atoms with Crippen molar-refractivity contribution in [3.05, 3.63) is 42.1 Å². The van der Waals surface area contributed by atoms with E-state index >= 15 is 0 Å². The topological polar surface area (TPSA) is 65.4 Å². The van der Waals surface area contributed by atoms with E-state index in [1.54, 1.807) is 13.2 Å². The van der Waals surface area contributed by atoms with Crippen molar-refractivity contribution in [2.75, 3.05) is 12.8 Å². The number of aromatic nitrogens is 3. The van der Waals surface area contributed by atoms with Crippen LogP contribution in [0.4, 0.5) is 5.69 Å². The van der Waals surface area contributed by atoms with Crippen LogP contribution in [0.2, 0.25) is 0 Å². The molecule has 0 unspecified atom stereocenters. The molecule has 0 atom stereocenters. The molecule has 3 rings (SSSR count). The second-order valence-corrected chi connectivity index (χ2v) is 4.41. The van der Waals surface area contributed by atoms with Crippen molar-refractivity contribution >= 4 is 11.3 Å². The number of benzene rings is 1. The number of hydrogen-bond acceptors (Lipinski definition) is 4. The Labute approximate surface area is 110 Å². The Balaban J connectivity index is 2.19. The van der Waals surface area contributed by atoms with Gasteiger partial charge in [0.2, 0.25) is 0 Å². The van der Waals surface area contributed by atoms with E-state index in [4.69, 9.17) is 10.5 Å². The Kier molecular flexibility index (Phi) is 2.59. The molecule has 0 saturated heterocycles. The lowest BCUT2D eigenvalue weighted by Crippen LogP contribution is -1.96. The van der Waals surface area contributed by atoms with Crippen LogP contribution in [-0.2, 0) is 0 Å². The molecule has 2 heterocycles. The highest BCUT2D eigenvalue weighted by Crippen LogP contribution is 2.28. The maximum atomic E-state index is 6.05. The third-order valence-corrected chi connectivity index (χ3v) is 3.07. The van der Waals surface area contributed by atoms with Crippen molar-refractivity contribution in [2.24, 2.45) is 0 Å². The fraction of sp³-hybridized carbons (Fsp3) is 0.143. The molecule has 19 heavy (non-hydrogen) atoms. The summed E-state index contributed by atoms with van der Waals surface area (Å²) in [7, 11) is 1.61. The van der Waals surface area contributed by atoms with Gasteiger partial charge in [0.15, 0.2) is 11.5 Å². The van der Waals surface area contributed by atoms with Gasteiger partial charge in [-0.15, -0.1) is 10.2 Å². The lowest BCUT2D eigenvalue weighted by Gasteiger charge is -2.06. The molecule has 0 aliphatic heterocycles. The maximum Gasteiger partial charge on any atom is 0.170 e. The van der Waals surface area contributed by atoms with Crippen molar-refractivity contribution in [2.45, 2.75) is 6.92 Å². The van der Waals surface area contributed by atoms with Gasteiger partial charge in [0, 0.05) is 23.5 Å². The summed E-state index contributed by atoms with van der Waals surface area (Å²) in [4.78, 5) is 0. The van der Waals surface area contributed by atoms with Crippen molar-refractivity contribution in [1.82, 2.24) is 14.6 Å². The molecule has 0 aliphatic carbocycles. The summed E-state index contributed by atoms with van der Waals surface area (Å²) in [6, 6.07) is 9.53. The minimum Gasteiger partial charge on any atom is -0.497 e. The predicted octanol–water partition coefficient (Wildman–Crippen LogP) is 2.30. The third-order valence-electron chi connectivity index (χ3n) is 3.07. The highest BCUT2D eigenvalue weighted by Gasteiger charge is 2.11. The molecule has 3 aromatic rings. The van der Waals surface area contributed by atoms with E-state index in [2.05, 4.69) is 10.2 Å². The average molecular weight is 254 g/mol. The zero-order valence-corrected chi connectivity index (χ0v) is 10.8. The number of hydrogen-bond donors (Lipinski definition) is 1. The van der Waals surface area contributed by atoms with Gasteiger partial charge in [-0.25, -0.2) is 0 Å². The predicted molar refractivity (Wildman–Crippen MR) is 74.1 cm³/mol. The summed E-state index contributed by atoms with van der Waals surface area (Å²) < 4.78 is 7.07. The molecule has 0 saturated carbocycles. The monoisotopic (exact) mass is 254 g/mol. The fourth-order valence-electron chi connectivity index (χ4n) is 2.05. The molecular weight excluding hydrogens is 240 g/mol. The summed E-state index contributed by atoms with van der Waals surface area (Å²) in [6.07, 6.45) is 1.95. The van der Waals surface area contributed by atoms with E-state index in [9.17, 15) is 0 Å². The standard InChI is InChI=1S/C14H14N4O/c1-9-5-6-18-13(7-9)16-17-14(18)11-4-3-10(19-2)8-12(11)15/h3-8H,15H2,1-2H3. The zero-order valence-electron chi connectivity index (χ0n) is 10.8. The van der Waals surface area contributed by atoms with E-state index in [-0.39, 0.29) is 0 Å². The highest BCUT2D eigenvalue weighted by atomic mass is 16.5. The molecule has 0 spiro atoms. The smallest absolute Gasteiger partial charge is 0.170 e. The van der Waals surface area contributed by atoms with Crippen LogP contribution < -0.4 is 10.5 Å². The van der Waals surface area contributed by atoms with Crippen LogP contribution in [0.1, 0.15) is 5.56 Å². The number of aryl methyl sites for hydroxylation is 1. The number of methoxy groups -OCH3 is 1. The van der Waals surface area contributed by atoms with Crippen molar-refractivity contribution in [3.63, 3.8) is 0 Å². The SMILES string of the molecule is COc1ccc(-c2nnc3cc(C)ccn23)c(N)c1. The van der Waals surface area contributed by atoms with E-state index < -0.39 is 0 Å². The van der Waals surface area contributed by atoms with Crippen LogP contribution in [-0.4, -0.2) is 21.7 Å². The molecule has 2 N–H and O–H groups in total. The van der Waals surface area contributed by atoms with Gasteiger partial charge < -0.3 is 10.5 Å². The molecule has 2 aromatic heterocycles. The van der Waals surface area contributed by atoms with Gasteiger partial charge in [-0.3, -0.25) is 4.40 Å². The molecular formula is C14H14N4O. The van der Waals surface area contributed by atoms with Crippen molar-refractivity contribution < 1.29 is 4.74 Å². The van der Waals surface area contributed by atoms with Gasteiger partial charge in [-0.2, -0.15) is 0 Å². The second kappa shape index (κ2) is 4.28. The molecule has 5 nitrogen and oxygen atoms in total. The summed E-state index contributed by atoms with van der Waals surface area (Å²) >= 11 is 0. The highest BCUT2D eigenvalue weighted by molar-refractivity contribution is 5.74. The largest absolute Gasteiger partial charge is 0.497 e. The first-order valence-electron chi connectivity index (χ1n) is 5.94. The number of pyridine rings is 1. The number of ether oxygens (including phenoxy) is 1. The summed E-state index contributed by atoms with van der Waals surface area (Å²) in [5.41, 5.74) is 9.47. The van der Waals surface area contributed by atoms with E-state index in [0.29, 0.717) is 5.69 Å². The second-order valence-electron chi connectivity index (χ2n) is 4.41. The molecule has 0 amide bonds. The maximum absolute atomic E-state index is 6.05. The first-order valence-corrected chi connectivity index (χ1v) is 5.94. The Morgan fingerprint density at radius 2 is 2.00 bits per heavy atom. The molecule has 0 radical (unpaired) electrons. The van der Waals surface area contributed by atoms with Crippen LogP contribution in [0.3, 0.4) is 0 Å². The lowest BCUT2D eigenvalue weighted by atomic mass is 10.1. The number of nitrogens with two attached hydrogens (primary N) is 1. The van der Waals surface area contributed by atoms with Crippen LogP contribution >= 0.6 is 0 Å². The number of fused-ring (bicyclic) bond motifs is 1. The Morgan fingerprint density at radius 3 is 2.74 bits per heavy atom. The van der Waals surface area contributed by atoms with Gasteiger partial charge in [-0.05, 0) is 36.8 Å². The summed E-state index contributed by atoms with van der Waals surface area (Å²) in [5, 5.41) is 8.38. The van der Waals surface area contributed by atoms with Crippen LogP contribution in [0.5, 0.6) is 5.75 Å². The number of nitrogens with zero attached hydrogens (tertiary/aromatic N) is 3. The quantitative estimate of drug-likeness (QED) is 0.713. The van der Waals surface area contributed by atoms with Gasteiger partial charge in [0.1, 0.15) is 5.75 Å². The normalized spacial score (nSPS) is 10.8. The lowest BCUT2D eigenvalue weighted by molar-refractivity contribution is 0.415. The van der Waals surface area contributed by atoms with Crippen molar-refractivity contribution in [3.8, 4) is 17.1 Å². The fourth-order valence-corrected chi connectivity index (χ4v) is 2.05. The summed E-state index contributed by atoms with van der Waals surface area (Å²) in [5.74, 6) is 1.46. The molecule has 0 fully saturated rings. The van der Waals surface area contributed by atoms with Gasteiger partial charge in [0.05, 0.1) is 7.11 Å². The van der Waals surface area contributed by atoms with Gasteiger partial charge >= 0.3 is 0 Å². The number of nitrogen functional groups attached to an aromatic ring is 1. The van der Waals surface area contributed by atoms with E-state index in [1.165, 1.54) is 0 Å². The molecule has 1 aromatic carbocycles. The minimum atomic E-state index is 0.620. The van der Waals surface area contributed by atoms with Crippen LogP contribution in [0, 0.1) is 6.92 Å². The minimum absolute atomic E-state index is 0.620.